The molecule has 1 unspecified atom stereocenters. The molecule has 1 aromatic carbocycles. The lowest BCUT2D eigenvalue weighted by Gasteiger charge is -2.36. The molecule has 2 aliphatic rings. The van der Waals surface area contributed by atoms with Gasteiger partial charge in [-0.05, 0) is 50.2 Å². The van der Waals surface area contributed by atoms with Gasteiger partial charge in [0.15, 0.2) is 11.6 Å². The van der Waals surface area contributed by atoms with E-state index < -0.39 is 0 Å². The van der Waals surface area contributed by atoms with Crippen molar-refractivity contribution in [3.63, 3.8) is 0 Å². The number of methoxy groups -OCH3 is 1. The summed E-state index contributed by atoms with van der Waals surface area (Å²) in [6, 6.07) is 11.4. The maximum absolute atomic E-state index is 13.1. The molecule has 1 aromatic heterocycles. The largest absolute Gasteiger partial charge is 0.497 e. The van der Waals surface area contributed by atoms with Gasteiger partial charge in [0.2, 0.25) is 11.8 Å². The molecule has 2 saturated heterocycles. The van der Waals surface area contributed by atoms with Crippen LogP contribution in [0.25, 0.3) is 0 Å². The average molecular weight is 453 g/mol. The van der Waals surface area contributed by atoms with Gasteiger partial charge in [-0.25, -0.2) is 0 Å². The van der Waals surface area contributed by atoms with Gasteiger partial charge in [-0.2, -0.15) is 0 Å². The Morgan fingerprint density at radius 1 is 1.03 bits per heavy atom. The molecular weight excluding hydrogens is 420 g/mol. The third-order valence-corrected chi connectivity index (χ3v) is 6.50. The van der Waals surface area contributed by atoms with Crippen molar-refractivity contribution in [2.75, 3.05) is 67.6 Å². The van der Waals surface area contributed by atoms with Gasteiger partial charge in [0.1, 0.15) is 5.75 Å². The van der Waals surface area contributed by atoms with Crippen LogP contribution in [0, 0.1) is 5.92 Å². The number of amides is 2. The average Bonchev–Trinajstić information content (AvgIpc) is 3.26. The molecule has 4 rings (SSSR count). The van der Waals surface area contributed by atoms with E-state index in [0.29, 0.717) is 32.7 Å². The van der Waals surface area contributed by atoms with E-state index in [-0.39, 0.29) is 24.2 Å². The Bertz CT molecular complexity index is 953. The minimum atomic E-state index is -0.306. The molecule has 3 heterocycles. The summed E-state index contributed by atoms with van der Waals surface area (Å²) in [6.07, 6.45) is 0.253. The van der Waals surface area contributed by atoms with Crippen LogP contribution < -0.4 is 19.4 Å². The number of aromatic nitrogens is 2. The van der Waals surface area contributed by atoms with Crippen molar-refractivity contribution in [3.05, 3.63) is 36.4 Å². The summed E-state index contributed by atoms with van der Waals surface area (Å²) in [5.74, 6) is 2.19. The highest BCUT2D eigenvalue weighted by atomic mass is 16.5. The number of anilines is 3. The minimum Gasteiger partial charge on any atom is -0.497 e. The van der Waals surface area contributed by atoms with Gasteiger partial charge in [0.25, 0.3) is 0 Å². The van der Waals surface area contributed by atoms with Crippen LogP contribution in [0.3, 0.4) is 0 Å². The van der Waals surface area contributed by atoms with E-state index in [0.717, 1.165) is 36.2 Å². The number of hydrogen-bond donors (Lipinski definition) is 0. The molecule has 2 amide bonds. The Kier molecular flexibility index (Phi) is 6.96. The SMILES string of the molecule is CCN(CC)c1ccc(N2CCN(C(=O)C3CC(=O)N(c4ccc(OC)cc4)C3)CC2)nn1. The molecule has 2 fully saturated rings. The minimum absolute atomic E-state index is 0.0132. The zero-order valence-electron chi connectivity index (χ0n) is 19.6. The van der Waals surface area contributed by atoms with E-state index in [4.69, 9.17) is 4.74 Å². The first-order valence-electron chi connectivity index (χ1n) is 11.6. The summed E-state index contributed by atoms with van der Waals surface area (Å²) in [4.78, 5) is 33.6. The highest BCUT2D eigenvalue weighted by molar-refractivity contribution is 6.00. The molecule has 9 nitrogen and oxygen atoms in total. The number of benzene rings is 1. The number of nitrogens with zero attached hydrogens (tertiary/aromatic N) is 6. The first kappa shape index (κ1) is 22.8. The second kappa shape index (κ2) is 10.1. The Hall–Kier alpha value is -3.36. The molecule has 0 aliphatic carbocycles. The predicted octanol–water partition coefficient (Wildman–Crippen LogP) is 2.03. The molecule has 2 aromatic rings. The van der Waals surface area contributed by atoms with Crippen molar-refractivity contribution in [2.45, 2.75) is 20.3 Å². The van der Waals surface area contributed by atoms with Crippen molar-refractivity contribution >= 4 is 29.1 Å². The van der Waals surface area contributed by atoms with E-state index in [1.54, 1.807) is 12.0 Å². The fourth-order valence-corrected chi connectivity index (χ4v) is 4.50. The van der Waals surface area contributed by atoms with Crippen molar-refractivity contribution < 1.29 is 14.3 Å². The molecule has 176 valence electrons. The molecule has 0 bridgehead atoms. The van der Waals surface area contributed by atoms with Crippen molar-refractivity contribution in [3.8, 4) is 5.75 Å². The lowest BCUT2D eigenvalue weighted by molar-refractivity contribution is -0.136. The number of carbonyl (C=O) groups is 2. The Morgan fingerprint density at radius 2 is 1.73 bits per heavy atom. The quantitative estimate of drug-likeness (QED) is 0.636. The summed E-state index contributed by atoms with van der Waals surface area (Å²) in [5, 5.41) is 8.78. The Balaban J connectivity index is 1.32. The monoisotopic (exact) mass is 452 g/mol. The van der Waals surface area contributed by atoms with Gasteiger partial charge in [-0.1, -0.05) is 0 Å². The number of carbonyl (C=O) groups excluding carboxylic acids is 2. The van der Waals surface area contributed by atoms with Gasteiger partial charge in [0, 0.05) is 57.9 Å². The molecule has 0 saturated carbocycles. The maximum atomic E-state index is 13.1. The Labute approximate surface area is 194 Å². The molecule has 0 radical (unpaired) electrons. The van der Waals surface area contributed by atoms with Gasteiger partial charge >= 0.3 is 0 Å². The van der Waals surface area contributed by atoms with E-state index in [1.165, 1.54) is 0 Å². The van der Waals surface area contributed by atoms with Crippen molar-refractivity contribution in [2.24, 2.45) is 5.92 Å². The highest BCUT2D eigenvalue weighted by Crippen LogP contribution is 2.28. The summed E-state index contributed by atoms with van der Waals surface area (Å²) < 4.78 is 5.19. The van der Waals surface area contributed by atoms with E-state index in [9.17, 15) is 9.59 Å². The smallest absolute Gasteiger partial charge is 0.228 e. The normalized spacial score (nSPS) is 18.6. The summed E-state index contributed by atoms with van der Waals surface area (Å²) in [5.41, 5.74) is 0.799. The summed E-state index contributed by atoms with van der Waals surface area (Å²) >= 11 is 0. The molecule has 2 aliphatic heterocycles. The molecule has 0 N–H and O–H groups in total. The first-order valence-corrected chi connectivity index (χ1v) is 11.6. The van der Waals surface area contributed by atoms with E-state index >= 15 is 0 Å². The maximum Gasteiger partial charge on any atom is 0.228 e. The third-order valence-electron chi connectivity index (χ3n) is 6.50. The lowest BCUT2D eigenvalue weighted by atomic mass is 10.1. The lowest BCUT2D eigenvalue weighted by Crippen LogP contribution is -2.51. The second-order valence-corrected chi connectivity index (χ2v) is 8.34. The number of ether oxygens (including phenoxy) is 1. The van der Waals surface area contributed by atoms with Gasteiger partial charge in [-0.3, -0.25) is 9.59 Å². The van der Waals surface area contributed by atoms with Crippen LogP contribution >= 0.6 is 0 Å². The topological polar surface area (TPSA) is 82.1 Å². The van der Waals surface area contributed by atoms with Crippen molar-refractivity contribution in [1.82, 2.24) is 15.1 Å². The first-order chi connectivity index (χ1) is 16.0. The number of piperazine rings is 1. The molecular formula is C24H32N6O3. The fraction of sp³-hybridized carbons (Fsp3) is 0.500. The molecule has 33 heavy (non-hydrogen) atoms. The number of hydrogen-bond acceptors (Lipinski definition) is 7. The van der Waals surface area contributed by atoms with Crippen LogP contribution in [-0.2, 0) is 9.59 Å². The molecule has 0 spiro atoms. The number of rotatable bonds is 7. The van der Waals surface area contributed by atoms with Crippen LogP contribution in [0.5, 0.6) is 5.75 Å². The fourth-order valence-electron chi connectivity index (χ4n) is 4.50. The molecule has 9 heteroatoms. The van der Waals surface area contributed by atoms with E-state index in [2.05, 4.69) is 33.8 Å². The van der Waals surface area contributed by atoms with Crippen molar-refractivity contribution in [1.29, 1.82) is 0 Å². The zero-order valence-corrected chi connectivity index (χ0v) is 19.6. The zero-order chi connectivity index (χ0) is 23.4. The van der Waals surface area contributed by atoms with Crippen LogP contribution in [-0.4, -0.2) is 79.8 Å². The second-order valence-electron chi connectivity index (χ2n) is 8.34. The summed E-state index contributed by atoms with van der Waals surface area (Å²) in [6.45, 7) is 9.05. The molecule has 1 atom stereocenters. The predicted molar refractivity (Wildman–Crippen MR) is 128 cm³/mol. The van der Waals surface area contributed by atoms with Gasteiger partial charge in [-0.15, -0.1) is 10.2 Å². The van der Waals surface area contributed by atoms with Crippen LogP contribution in [0.1, 0.15) is 20.3 Å². The van der Waals surface area contributed by atoms with E-state index in [1.807, 2.05) is 41.3 Å². The summed E-state index contributed by atoms with van der Waals surface area (Å²) in [7, 11) is 1.61. The van der Waals surface area contributed by atoms with Crippen LogP contribution in [0.2, 0.25) is 0 Å². The van der Waals surface area contributed by atoms with Crippen LogP contribution in [0.15, 0.2) is 36.4 Å². The Morgan fingerprint density at radius 3 is 2.30 bits per heavy atom. The van der Waals surface area contributed by atoms with Crippen LogP contribution in [0.4, 0.5) is 17.3 Å². The highest BCUT2D eigenvalue weighted by Gasteiger charge is 2.38. The van der Waals surface area contributed by atoms with Gasteiger partial charge < -0.3 is 24.3 Å². The standard InChI is InChI=1S/C24H32N6O3/c1-4-27(5-2)21-10-11-22(26-25-21)28-12-14-29(15-13-28)24(32)18-16-23(31)30(17-18)19-6-8-20(33-3)9-7-19/h6-11,18H,4-5,12-17H2,1-3H3. The van der Waals surface area contributed by atoms with Gasteiger partial charge in [0.05, 0.1) is 13.0 Å². The third kappa shape index (κ3) is 4.86.